The predicted molar refractivity (Wildman–Crippen MR) is 38.1 cm³/mol. The second kappa shape index (κ2) is 3.00. The normalized spacial score (nSPS) is 9.33. The van der Waals surface area contributed by atoms with E-state index in [1.165, 1.54) is 0 Å². The minimum atomic E-state index is -0.583. The van der Waals surface area contributed by atoms with Crippen LogP contribution in [0.1, 0.15) is 0 Å². The molecule has 1 aromatic rings. The lowest BCUT2D eigenvalue weighted by molar-refractivity contribution is -0.120. The molecule has 0 amide bonds. The van der Waals surface area contributed by atoms with Gasteiger partial charge in [0.1, 0.15) is 5.75 Å². The first kappa shape index (κ1) is 8.19. The highest BCUT2D eigenvalue weighted by Crippen LogP contribution is 2.38. The van der Waals surface area contributed by atoms with Crippen molar-refractivity contribution in [3.63, 3.8) is 0 Å². The summed E-state index contributed by atoms with van der Waals surface area (Å²) in [5, 5.41) is 26.8. The molecule has 0 aliphatic carbocycles. The number of benzene rings is 1. The number of carbonyl (C=O) groups excluding carboxylic acids is 1. The summed E-state index contributed by atoms with van der Waals surface area (Å²) >= 11 is 0. The SMILES string of the molecule is O=COc1cc(O)cc(O)c1O. The third-order valence-electron chi connectivity index (χ3n) is 1.21. The fraction of sp³-hybridized carbons (Fsp3) is 0. The van der Waals surface area contributed by atoms with E-state index in [2.05, 4.69) is 4.74 Å². The highest BCUT2D eigenvalue weighted by molar-refractivity contribution is 5.58. The Labute approximate surface area is 67.5 Å². The van der Waals surface area contributed by atoms with Crippen molar-refractivity contribution in [3.8, 4) is 23.0 Å². The highest BCUT2D eigenvalue weighted by Gasteiger charge is 2.09. The van der Waals surface area contributed by atoms with Crippen molar-refractivity contribution >= 4 is 6.47 Å². The van der Waals surface area contributed by atoms with Crippen LogP contribution in [0.25, 0.3) is 0 Å². The van der Waals surface area contributed by atoms with Gasteiger partial charge >= 0.3 is 0 Å². The highest BCUT2D eigenvalue weighted by atomic mass is 16.5. The number of hydrogen-bond donors (Lipinski definition) is 3. The standard InChI is InChI=1S/C7H6O5/c8-3-12-6-2-4(9)1-5(10)7(6)11/h1-3,9-11H. The van der Waals surface area contributed by atoms with Gasteiger partial charge in [0.2, 0.25) is 5.75 Å². The molecule has 0 saturated heterocycles. The summed E-state index contributed by atoms with van der Waals surface area (Å²) in [5.74, 6) is -1.73. The van der Waals surface area contributed by atoms with Crippen LogP contribution >= 0.6 is 0 Å². The quantitative estimate of drug-likeness (QED) is 0.338. The van der Waals surface area contributed by atoms with Crippen molar-refractivity contribution in [3.05, 3.63) is 12.1 Å². The molecule has 5 nitrogen and oxygen atoms in total. The number of aromatic hydroxyl groups is 3. The molecule has 0 aliphatic heterocycles. The molecule has 0 aliphatic rings. The lowest BCUT2D eigenvalue weighted by atomic mass is 10.3. The Hall–Kier alpha value is -1.91. The Morgan fingerprint density at radius 1 is 1.25 bits per heavy atom. The Balaban J connectivity index is 3.17. The maximum Gasteiger partial charge on any atom is 0.298 e. The zero-order valence-corrected chi connectivity index (χ0v) is 5.89. The van der Waals surface area contributed by atoms with Crippen molar-refractivity contribution in [1.82, 2.24) is 0 Å². The molecule has 64 valence electrons. The molecule has 0 unspecified atom stereocenters. The van der Waals surface area contributed by atoms with Crippen LogP contribution in [0.2, 0.25) is 0 Å². The van der Waals surface area contributed by atoms with Gasteiger partial charge in [0.15, 0.2) is 11.5 Å². The number of carbonyl (C=O) groups is 1. The first-order chi connectivity index (χ1) is 5.65. The number of phenols is 3. The van der Waals surface area contributed by atoms with Crippen LogP contribution in [0.15, 0.2) is 12.1 Å². The minimum absolute atomic E-state index is 0.0773. The molecule has 3 N–H and O–H groups in total. The van der Waals surface area contributed by atoms with Gasteiger partial charge in [-0.2, -0.15) is 0 Å². The second-order valence-corrected chi connectivity index (χ2v) is 2.03. The molecule has 1 aromatic carbocycles. The van der Waals surface area contributed by atoms with Gasteiger partial charge in [-0.3, -0.25) is 4.79 Å². The molecule has 0 radical (unpaired) electrons. The molecule has 0 heterocycles. The summed E-state index contributed by atoms with van der Waals surface area (Å²) in [6.07, 6.45) is 0. The molecule has 12 heavy (non-hydrogen) atoms. The molecular formula is C7H6O5. The van der Waals surface area contributed by atoms with E-state index in [-0.39, 0.29) is 18.0 Å². The van der Waals surface area contributed by atoms with E-state index in [0.29, 0.717) is 0 Å². The van der Waals surface area contributed by atoms with Gasteiger partial charge in [-0.1, -0.05) is 0 Å². The summed E-state index contributed by atoms with van der Waals surface area (Å²) in [6.45, 7) is 0.0773. The number of rotatable bonds is 2. The summed E-state index contributed by atoms with van der Waals surface area (Å²) in [5.41, 5.74) is 0. The van der Waals surface area contributed by atoms with Crippen LogP contribution in [0.4, 0.5) is 0 Å². The Morgan fingerprint density at radius 3 is 2.50 bits per heavy atom. The molecular weight excluding hydrogens is 164 g/mol. The number of phenolic OH excluding ortho intramolecular Hbond substituents is 3. The monoisotopic (exact) mass is 170 g/mol. The van der Waals surface area contributed by atoms with Crippen molar-refractivity contribution in [1.29, 1.82) is 0 Å². The lowest BCUT2D eigenvalue weighted by Crippen LogP contribution is -1.88. The van der Waals surface area contributed by atoms with Crippen molar-refractivity contribution in [2.45, 2.75) is 0 Å². The molecule has 0 fully saturated rings. The second-order valence-electron chi connectivity index (χ2n) is 2.03. The van der Waals surface area contributed by atoms with Crippen LogP contribution in [-0.2, 0) is 4.79 Å². The number of hydrogen-bond acceptors (Lipinski definition) is 5. The van der Waals surface area contributed by atoms with Crippen LogP contribution in [0.5, 0.6) is 23.0 Å². The zero-order chi connectivity index (χ0) is 9.14. The summed E-state index contributed by atoms with van der Waals surface area (Å²) in [7, 11) is 0. The van der Waals surface area contributed by atoms with Crippen LogP contribution in [0, 0.1) is 0 Å². The van der Waals surface area contributed by atoms with E-state index in [0.717, 1.165) is 12.1 Å². The van der Waals surface area contributed by atoms with Gasteiger partial charge in [-0.15, -0.1) is 0 Å². The van der Waals surface area contributed by atoms with Crippen LogP contribution in [-0.4, -0.2) is 21.8 Å². The lowest BCUT2D eigenvalue weighted by Gasteiger charge is -2.03. The fourth-order valence-corrected chi connectivity index (χ4v) is 0.721. The van der Waals surface area contributed by atoms with E-state index in [1.54, 1.807) is 0 Å². The Morgan fingerprint density at radius 2 is 1.92 bits per heavy atom. The topological polar surface area (TPSA) is 87.0 Å². The van der Waals surface area contributed by atoms with Gasteiger partial charge in [-0.05, 0) is 0 Å². The first-order valence-electron chi connectivity index (χ1n) is 3.00. The fourth-order valence-electron chi connectivity index (χ4n) is 0.721. The zero-order valence-electron chi connectivity index (χ0n) is 5.89. The van der Waals surface area contributed by atoms with Crippen LogP contribution in [0.3, 0.4) is 0 Å². The van der Waals surface area contributed by atoms with Gasteiger partial charge in [0.25, 0.3) is 6.47 Å². The van der Waals surface area contributed by atoms with E-state index in [9.17, 15) is 4.79 Å². The summed E-state index contributed by atoms with van der Waals surface area (Å²) in [4.78, 5) is 9.85. The van der Waals surface area contributed by atoms with E-state index in [4.69, 9.17) is 15.3 Å². The van der Waals surface area contributed by atoms with Gasteiger partial charge < -0.3 is 20.1 Å². The van der Waals surface area contributed by atoms with Crippen molar-refractivity contribution < 1.29 is 24.9 Å². The molecule has 1 rings (SSSR count). The van der Waals surface area contributed by atoms with Gasteiger partial charge in [-0.25, -0.2) is 0 Å². The van der Waals surface area contributed by atoms with Gasteiger partial charge in [0, 0.05) is 12.1 Å². The van der Waals surface area contributed by atoms with Crippen molar-refractivity contribution in [2.24, 2.45) is 0 Å². The largest absolute Gasteiger partial charge is 0.508 e. The molecule has 5 heteroatoms. The first-order valence-corrected chi connectivity index (χ1v) is 3.00. The third kappa shape index (κ3) is 1.39. The maximum atomic E-state index is 9.85. The average Bonchev–Trinajstić information content (AvgIpc) is 2.00. The third-order valence-corrected chi connectivity index (χ3v) is 1.21. The minimum Gasteiger partial charge on any atom is -0.508 e. The summed E-state index contributed by atoms with van der Waals surface area (Å²) < 4.78 is 4.25. The van der Waals surface area contributed by atoms with Crippen LogP contribution < -0.4 is 4.74 Å². The molecule has 0 aromatic heterocycles. The molecule has 0 atom stereocenters. The van der Waals surface area contributed by atoms with E-state index < -0.39 is 11.5 Å². The average molecular weight is 170 g/mol. The van der Waals surface area contributed by atoms with Crippen molar-refractivity contribution in [2.75, 3.05) is 0 Å². The maximum absolute atomic E-state index is 9.85. The molecule has 0 saturated carbocycles. The van der Waals surface area contributed by atoms with E-state index >= 15 is 0 Å². The predicted octanol–water partition coefficient (Wildman–Crippen LogP) is 0.339. The molecule has 0 bridgehead atoms. The summed E-state index contributed by atoms with van der Waals surface area (Å²) in [6, 6.07) is 1.93. The smallest absolute Gasteiger partial charge is 0.298 e. The number of ether oxygens (including phenoxy) is 1. The van der Waals surface area contributed by atoms with Gasteiger partial charge in [0.05, 0.1) is 0 Å². The van der Waals surface area contributed by atoms with E-state index in [1.807, 2.05) is 0 Å². The Kier molecular flexibility index (Phi) is 2.05. The molecule has 0 spiro atoms. The Bertz CT molecular complexity index is 307.